The van der Waals surface area contributed by atoms with Gasteiger partial charge in [0.1, 0.15) is 0 Å². The molecule has 0 aliphatic heterocycles. The van der Waals surface area contributed by atoms with Crippen LogP contribution in [0.5, 0.6) is 0 Å². The maximum atomic E-state index is 11.3. The molecule has 0 aromatic heterocycles. The van der Waals surface area contributed by atoms with E-state index < -0.39 is 0 Å². The summed E-state index contributed by atoms with van der Waals surface area (Å²) in [6.45, 7) is 6.54. The third-order valence-electron chi connectivity index (χ3n) is 1.86. The zero-order valence-corrected chi connectivity index (χ0v) is 12.2. The van der Waals surface area contributed by atoms with Crippen molar-refractivity contribution in [2.24, 2.45) is 5.73 Å². The van der Waals surface area contributed by atoms with Gasteiger partial charge in [-0.1, -0.05) is 13.3 Å². The molecule has 0 radical (unpaired) electrons. The molecule has 0 spiro atoms. The standard InChI is InChI=1S/C11H24N2OS.ClH/c1-4-5-7-15-8-6-10(14)13-9-11(2,3)12;/h4-9,12H2,1-3H3,(H,13,14);1H. The van der Waals surface area contributed by atoms with Crippen LogP contribution in [0, 0.1) is 0 Å². The molecule has 98 valence electrons. The molecular formula is C11H25ClN2OS. The summed E-state index contributed by atoms with van der Waals surface area (Å²) in [6.07, 6.45) is 3.06. The Morgan fingerprint density at radius 1 is 1.38 bits per heavy atom. The summed E-state index contributed by atoms with van der Waals surface area (Å²) in [4.78, 5) is 11.3. The van der Waals surface area contributed by atoms with E-state index in [0.29, 0.717) is 13.0 Å². The third-order valence-corrected chi connectivity index (χ3v) is 2.93. The number of carbonyl (C=O) groups is 1. The SMILES string of the molecule is CCCCSCCC(=O)NCC(C)(C)N.Cl. The van der Waals surface area contributed by atoms with Crippen LogP contribution in [0.1, 0.15) is 40.0 Å². The predicted octanol–water partition coefficient (Wildman–Crippen LogP) is 2.19. The van der Waals surface area contributed by atoms with Crippen molar-refractivity contribution in [2.45, 2.75) is 45.6 Å². The molecule has 0 unspecified atom stereocenters. The van der Waals surface area contributed by atoms with E-state index in [9.17, 15) is 4.79 Å². The van der Waals surface area contributed by atoms with Gasteiger partial charge in [-0.25, -0.2) is 0 Å². The number of unbranched alkanes of at least 4 members (excludes halogenated alkanes) is 1. The number of amides is 1. The van der Waals surface area contributed by atoms with Gasteiger partial charge in [-0.2, -0.15) is 11.8 Å². The molecule has 0 heterocycles. The molecular weight excluding hydrogens is 244 g/mol. The molecule has 0 saturated heterocycles. The zero-order valence-electron chi connectivity index (χ0n) is 10.5. The summed E-state index contributed by atoms with van der Waals surface area (Å²) in [6, 6.07) is 0. The molecule has 0 fully saturated rings. The molecule has 0 bridgehead atoms. The van der Waals surface area contributed by atoms with E-state index in [1.807, 2.05) is 25.6 Å². The Hall–Kier alpha value is 0.0700. The molecule has 0 aromatic carbocycles. The van der Waals surface area contributed by atoms with E-state index in [0.717, 1.165) is 11.5 Å². The first-order chi connectivity index (χ1) is 6.95. The Morgan fingerprint density at radius 3 is 2.50 bits per heavy atom. The van der Waals surface area contributed by atoms with Crippen LogP contribution in [-0.2, 0) is 4.79 Å². The number of nitrogens with two attached hydrogens (primary N) is 1. The van der Waals surface area contributed by atoms with Crippen LogP contribution >= 0.6 is 24.2 Å². The van der Waals surface area contributed by atoms with Gasteiger partial charge in [0.2, 0.25) is 5.91 Å². The normalized spacial score (nSPS) is 10.8. The highest BCUT2D eigenvalue weighted by Crippen LogP contribution is 2.05. The van der Waals surface area contributed by atoms with Crippen molar-refractivity contribution in [2.75, 3.05) is 18.1 Å². The van der Waals surface area contributed by atoms with Gasteiger partial charge in [0.15, 0.2) is 0 Å². The van der Waals surface area contributed by atoms with Gasteiger partial charge in [0.05, 0.1) is 0 Å². The smallest absolute Gasteiger partial charge is 0.220 e. The molecule has 0 aliphatic rings. The van der Waals surface area contributed by atoms with Crippen molar-refractivity contribution in [3.05, 3.63) is 0 Å². The highest BCUT2D eigenvalue weighted by atomic mass is 35.5. The summed E-state index contributed by atoms with van der Waals surface area (Å²) in [7, 11) is 0. The van der Waals surface area contributed by atoms with Crippen LogP contribution in [0.2, 0.25) is 0 Å². The van der Waals surface area contributed by atoms with Crippen molar-refractivity contribution in [3.8, 4) is 0 Å². The van der Waals surface area contributed by atoms with E-state index in [-0.39, 0.29) is 23.9 Å². The van der Waals surface area contributed by atoms with E-state index in [2.05, 4.69) is 12.2 Å². The fourth-order valence-electron chi connectivity index (χ4n) is 0.928. The Morgan fingerprint density at radius 2 is 2.00 bits per heavy atom. The van der Waals surface area contributed by atoms with Gasteiger partial charge in [0, 0.05) is 24.3 Å². The number of nitrogens with one attached hydrogen (secondary N) is 1. The molecule has 5 heteroatoms. The maximum Gasteiger partial charge on any atom is 0.220 e. The van der Waals surface area contributed by atoms with Crippen LogP contribution in [0.25, 0.3) is 0 Å². The van der Waals surface area contributed by atoms with Crippen molar-refractivity contribution in [1.82, 2.24) is 5.32 Å². The van der Waals surface area contributed by atoms with Crippen LogP contribution < -0.4 is 11.1 Å². The van der Waals surface area contributed by atoms with E-state index in [1.165, 1.54) is 12.8 Å². The number of hydrogen-bond acceptors (Lipinski definition) is 3. The van der Waals surface area contributed by atoms with Crippen LogP contribution in [0.15, 0.2) is 0 Å². The number of thioether (sulfide) groups is 1. The lowest BCUT2D eigenvalue weighted by molar-refractivity contribution is -0.120. The quantitative estimate of drug-likeness (QED) is 0.664. The Bertz CT molecular complexity index is 183. The first-order valence-electron chi connectivity index (χ1n) is 5.59. The van der Waals surface area contributed by atoms with Gasteiger partial charge >= 0.3 is 0 Å². The number of rotatable bonds is 8. The van der Waals surface area contributed by atoms with Crippen molar-refractivity contribution in [3.63, 3.8) is 0 Å². The maximum absolute atomic E-state index is 11.3. The second-order valence-corrected chi connectivity index (χ2v) is 5.71. The van der Waals surface area contributed by atoms with Gasteiger partial charge < -0.3 is 11.1 Å². The highest BCUT2D eigenvalue weighted by molar-refractivity contribution is 7.99. The molecule has 0 saturated carbocycles. The summed E-state index contributed by atoms with van der Waals surface area (Å²) in [5, 5.41) is 2.84. The highest BCUT2D eigenvalue weighted by Gasteiger charge is 2.11. The van der Waals surface area contributed by atoms with Crippen molar-refractivity contribution >= 4 is 30.1 Å². The monoisotopic (exact) mass is 268 g/mol. The third kappa shape index (κ3) is 14.1. The van der Waals surface area contributed by atoms with E-state index in [1.54, 1.807) is 0 Å². The van der Waals surface area contributed by atoms with Gasteiger partial charge in [-0.05, 0) is 26.0 Å². The summed E-state index contributed by atoms with van der Waals surface area (Å²) in [5.74, 6) is 2.18. The van der Waals surface area contributed by atoms with E-state index in [4.69, 9.17) is 5.73 Å². The minimum absolute atomic E-state index is 0. The number of hydrogen-bond donors (Lipinski definition) is 2. The van der Waals surface area contributed by atoms with Crippen LogP contribution in [0.4, 0.5) is 0 Å². The Balaban J connectivity index is 0. The van der Waals surface area contributed by atoms with Crippen molar-refractivity contribution in [1.29, 1.82) is 0 Å². The fraction of sp³-hybridized carbons (Fsp3) is 0.909. The zero-order chi connectivity index (χ0) is 11.7. The molecule has 3 nitrogen and oxygen atoms in total. The molecule has 0 aromatic rings. The lowest BCUT2D eigenvalue weighted by Gasteiger charge is -2.18. The van der Waals surface area contributed by atoms with Gasteiger partial charge in [-0.15, -0.1) is 12.4 Å². The number of halogens is 1. The van der Waals surface area contributed by atoms with Crippen molar-refractivity contribution < 1.29 is 4.79 Å². The average Bonchev–Trinajstić information content (AvgIpc) is 2.13. The molecule has 16 heavy (non-hydrogen) atoms. The Labute approximate surface area is 110 Å². The van der Waals surface area contributed by atoms with Crippen LogP contribution in [-0.4, -0.2) is 29.5 Å². The first kappa shape index (κ1) is 18.4. The summed E-state index contributed by atoms with van der Waals surface area (Å²) < 4.78 is 0. The molecule has 0 atom stereocenters. The Kier molecular flexibility index (Phi) is 11.8. The second-order valence-electron chi connectivity index (χ2n) is 4.48. The average molecular weight is 269 g/mol. The lowest BCUT2D eigenvalue weighted by atomic mass is 10.1. The van der Waals surface area contributed by atoms with Gasteiger partial charge in [0.25, 0.3) is 0 Å². The van der Waals surface area contributed by atoms with E-state index >= 15 is 0 Å². The molecule has 0 rings (SSSR count). The van der Waals surface area contributed by atoms with Crippen LogP contribution in [0.3, 0.4) is 0 Å². The summed E-state index contributed by atoms with van der Waals surface area (Å²) >= 11 is 1.85. The molecule has 0 aliphatic carbocycles. The first-order valence-corrected chi connectivity index (χ1v) is 6.74. The number of carbonyl (C=O) groups excluding carboxylic acids is 1. The minimum Gasteiger partial charge on any atom is -0.354 e. The second kappa shape index (κ2) is 10.2. The molecule has 3 N–H and O–H groups in total. The minimum atomic E-state index is -0.314. The lowest BCUT2D eigenvalue weighted by Crippen LogP contribution is -2.45. The van der Waals surface area contributed by atoms with Gasteiger partial charge in [-0.3, -0.25) is 4.79 Å². The topological polar surface area (TPSA) is 55.1 Å². The molecule has 1 amide bonds. The largest absolute Gasteiger partial charge is 0.354 e. The fourth-order valence-corrected chi connectivity index (χ4v) is 1.95. The predicted molar refractivity (Wildman–Crippen MR) is 75.4 cm³/mol. The summed E-state index contributed by atoms with van der Waals surface area (Å²) in [5.41, 5.74) is 5.44.